The summed E-state index contributed by atoms with van der Waals surface area (Å²) >= 11 is 1.54. The molecule has 8 heteroatoms. The molecule has 2 heterocycles. The van der Waals surface area contributed by atoms with E-state index in [9.17, 15) is 4.79 Å². The van der Waals surface area contributed by atoms with Gasteiger partial charge in [-0.2, -0.15) is 0 Å². The van der Waals surface area contributed by atoms with Crippen LogP contribution in [0.2, 0.25) is 0 Å². The minimum atomic E-state index is -0.0651. The van der Waals surface area contributed by atoms with Crippen LogP contribution in [0.25, 0.3) is 16.1 Å². The van der Waals surface area contributed by atoms with Gasteiger partial charge in [-0.1, -0.05) is 24.8 Å². The summed E-state index contributed by atoms with van der Waals surface area (Å²) in [4.78, 5) is 29.9. The molecule has 0 saturated carbocycles. The van der Waals surface area contributed by atoms with E-state index in [-0.39, 0.29) is 5.91 Å². The molecule has 7 nitrogen and oxygen atoms in total. The molecule has 0 aliphatic heterocycles. The molecule has 158 valence electrons. The van der Waals surface area contributed by atoms with Crippen molar-refractivity contribution in [2.75, 3.05) is 5.32 Å². The molecule has 2 N–H and O–H groups in total. The Labute approximate surface area is 185 Å². The Balaban J connectivity index is 1.84. The summed E-state index contributed by atoms with van der Waals surface area (Å²) in [5.41, 5.74) is 4.36. The first kappa shape index (κ1) is 22.0. The Bertz CT molecular complexity index is 1150. The van der Waals surface area contributed by atoms with Crippen LogP contribution in [0.15, 0.2) is 60.4 Å². The average Bonchev–Trinajstić information content (AvgIpc) is 3.15. The van der Waals surface area contributed by atoms with Crippen LogP contribution in [0.5, 0.6) is 0 Å². The van der Waals surface area contributed by atoms with Gasteiger partial charge in [-0.3, -0.25) is 9.79 Å². The highest BCUT2D eigenvalue weighted by Gasteiger charge is 2.14. The molecule has 0 fully saturated rings. The Kier molecular flexibility index (Phi) is 7.40. The van der Waals surface area contributed by atoms with Crippen LogP contribution in [0.3, 0.4) is 0 Å². The molecule has 2 aromatic heterocycles. The standard InChI is InChI=1S/C23H24N6OS/c1-5-18(14-24-6-2)22-27-15(3)21(31-22)20-10-11-25-23(29-20)28-19-9-7-8-17(12-19)13-26-16(4)30/h5-12,14H,1,13H2,2-4H3,(H,26,30)(H,25,28,29)/b18-14+,24-6?. The number of allylic oxidation sites excluding steroid dienone is 2. The number of aromatic nitrogens is 3. The van der Waals surface area contributed by atoms with E-state index >= 15 is 0 Å². The summed E-state index contributed by atoms with van der Waals surface area (Å²) in [7, 11) is 0. The number of amides is 1. The summed E-state index contributed by atoms with van der Waals surface area (Å²) in [5, 5.41) is 6.87. The normalized spacial score (nSPS) is 11.5. The number of rotatable bonds is 8. The maximum Gasteiger partial charge on any atom is 0.227 e. The highest BCUT2D eigenvalue weighted by molar-refractivity contribution is 7.16. The minimum absolute atomic E-state index is 0.0651. The molecule has 31 heavy (non-hydrogen) atoms. The predicted octanol–water partition coefficient (Wildman–Crippen LogP) is 4.91. The van der Waals surface area contributed by atoms with E-state index in [1.807, 2.05) is 44.2 Å². The lowest BCUT2D eigenvalue weighted by atomic mass is 10.2. The van der Waals surface area contributed by atoms with E-state index in [4.69, 9.17) is 0 Å². The number of nitrogens with zero attached hydrogens (tertiary/aromatic N) is 4. The first-order valence-corrected chi connectivity index (χ1v) is 10.5. The van der Waals surface area contributed by atoms with E-state index in [0.29, 0.717) is 12.5 Å². The van der Waals surface area contributed by atoms with E-state index < -0.39 is 0 Å². The van der Waals surface area contributed by atoms with Gasteiger partial charge in [-0.15, -0.1) is 11.3 Å². The van der Waals surface area contributed by atoms with Crippen molar-refractivity contribution in [1.29, 1.82) is 0 Å². The molecule has 1 amide bonds. The van der Waals surface area contributed by atoms with Gasteiger partial charge in [-0.25, -0.2) is 15.0 Å². The van der Waals surface area contributed by atoms with Gasteiger partial charge in [0, 0.05) is 43.3 Å². The fourth-order valence-electron chi connectivity index (χ4n) is 2.77. The van der Waals surface area contributed by atoms with Crippen LogP contribution >= 0.6 is 11.3 Å². The number of aryl methyl sites for hydroxylation is 1. The lowest BCUT2D eigenvalue weighted by Crippen LogP contribution is -2.18. The van der Waals surface area contributed by atoms with E-state index in [1.165, 1.54) is 18.3 Å². The van der Waals surface area contributed by atoms with Crippen molar-refractivity contribution in [3.05, 3.63) is 71.6 Å². The van der Waals surface area contributed by atoms with E-state index in [2.05, 4.69) is 37.2 Å². The van der Waals surface area contributed by atoms with Crippen molar-refractivity contribution < 1.29 is 4.79 Å². The molecule has 0 spiro atoms. The summed E-state index contributed by atoms with van der Waals surface area (Å²) in [6.07, 6.45) is 6.93. The molecule has 3 rings (SSSR count). The first-order valence-electron chi connectivity index (χ1n) is 9.72. The number of hydrogen-bond acceptors (Lipinski definition) is 7. The van der Waals surface area contributed by atoms with Crippen molar-refractivity contribution in [2.24, 2.45) is 4.99 Å². The zero-order valence-corrected chi connectivity index (χ0v) is 18.5. The maximum absolute atomic E-state index is 11.1. The van der Waals surface area contributed by atoms with Crippen molar-refractivity contribution >= 4 is 40.7 Å². The van der Waals surface area contributed by atoms with Gasteiger partial charge in [0.2, 0.25) is 11.9 Å². The zero-order valence-electron chi connectivity index (χ0n) is 17.7. The molecule has 0 aliphatic rings. The summed E-state index contributed by atoms with van der Waals surface area (Å²) in [5.74, 6) is 0.420. The van der Waals surface area contributed by atoms with Gasteiger partial charge in [0.05, 0.1) is 16.3 Å². The number of nitrogens with one attached hydrogen (secondary N) is 2. The van der Waals surface area contributed by atoms with Crippen molar-refractivity contribution in [3.8, 4) is 10.6 Å². The number of carbonyl (C=O) groups is 1. The number of aliphatic imine (C=N–C) groups is 1. The zero-order chi connectivity index (χ0) is 22.2. The van der Waals surface area contributed by atoms with Gasteiger partial charge >= 0.3 is 0 Å². The van der Waals surface area contributed by atoms with Crippen molar-refractivity contribution in [2.45, 2.75) is 27.3 Å². The molecule has 0 aliphatic carbocycles. The molecule has 0 unspecified atom stereocenters. The SMILES string of the molecule is C=C/C(=C\N=CC)c1nc(C)c(-c2ccnc(Nc3cccc(CNC(C)=O)c3)n2)s1. The van der Waals surface area contributed by atoms with Gasteiger partial charge < -0.3 is 10.6 Å². The van der Waals surface area contributed by atoms with Gasteiger partial charge in [0.25, 0.3) is 0 Å². The van der Waals surface area contributed by atoms with Gasteiger partial charge in [0.15, 0.2) is 0 Å². The Morgan fingerprint density at radius 3 is 2.87 bits per heavy atom. The van der Waals surface area contributed by atoms with Crippen LogP contribution in [0.4, 0.5) is 11.6 Å². The molecule has 0 bridgehead atoms. The largest absolute Gasteiger partial charge is 0.352 e. The Hall–Kier alpha value is -3.65. The number of carbonyl (C=O) groups excluding carboxylic acids is 1. The lowest BCUT2D eigenvalue weighted by molar-refractivity contribution is -0.119. The number of thiazole rings is 1. The second kappa shape index (κ2) is 10.4. The fourth-order valence-corrected chi connectivity index (χ4v) is 3.81. The number of anilines is 2. The highest BCUT2D eigenvalue weighted by Crippen LogP contribution is 2.33. The molecular weight excluding hydrogens is 408 g/mol. The predicted molar refractivity (Wildman–Crippen MR) is 127 cm³/mol. The Morgan fingerprint density at radius 2 is 2.13 bits per heavy atom. The van der Waals surface area contributed by atoms with E-state index in [1.54, 1.807) is 24.7 Å². The topological polar surface area (TPSA) is 92.2 Å². The number of benzene rings is 1. The first-order chi connectivity index (χ1) is 15.0. The molecular formula is C23H24N6OS. The van der Waals surface area contributed by atoms with Crippen LogP contribution in [-0.4, -0.2) is 27.1 Å². The van der Waals surface area contributed by atoms with Gasteiger partial charge in [0.1, 0.15) is 5.01 Å². The average molecular weight is 433 g/mol. The molecule has 0 atom stereocenters. The Morgan fingerprint density at radius 1 is 1.29 bits per heavy atom. The third kappa shape index (κ3) is 5.93. The van der Waals surface area contributed by atoms with Crippen LogP contribution in [0, 0.1) is 6.92 Å². The van der Waals surface area contributed by atoms with Gasteiger partial charge in [-0.05, 0) is 37.6 Å². The molecule has 0 radical (unpaired) electrons. The van der Waals surface area contributed by atoms with Crippen molar-refractivity contribution in [3.63, 3.8) is 0 Å². The quantitative estimate of drug-likeness (QED) is 0.390. The second-order valence-corrected chi connectivity index (χ2v) is 7.63. The summed E-state index contributed by atoms with van der Waals surface area (Å²) in [6, 6.07) is 9.62. The van der Waals surface area contributed by atoms with Crippen LogP contribution in [0.1, 0.15) is 30.1 Å². The fraction of sp³-hybridized carbons (Fsp3) is 0.174. The summed E-state index contributed by atoms with van der Waals surface area (Å²) < 4.78 is 0. The van der Waals surface area contributed by atoms with Crippen molar-refractivity contribution in [1.82, 2.24) is 20.3 Å². The third-order valence-corrected chi connectivity index (χ3v) is 5.47. The summed E-state index contributed by atoms with van der Waals surface area (Å²) in [6.45, 7) is 9.65. The lowest BCUT2D eigenvalue weighted by Gasteiger charge is -2.08. The molecule has 0 saturated heterocycles. The molecule has 1 aromatic carbocycles. The smallest absolute Gasteiger partial charge is 0.227 e. The monoisotopic (exact) mass is 432 g/mol. The van der Waals surface area contributed by atoms with Crippen LogP contribution < -0.4 is 10.6 Å². The second-order valence-electron chi connectivity index (χ2n) is 6.63. The van der Waals surface area contributed by atoms with E-state index in [0.717, 1.165) is 38.1 Å². The third-order valence-electron chi connectivity index (χ3n) is 4.24. The number of hydrogen-bond donors (Lipinski definition) is 2. The molecule has 3 aromatic rings. The highest BCUT2D eigenvalue weighted by atomic mass is 32.1. The minimum Gasteiger partial charge on any atom is -0.352 e. The maximum atomic E-state index is 11.1. The van der Waals surface area contributed by atoms with Crippen LogP contribution in [-0.2, 0) is 11.3 Å².